The van der Waals surface area contributed by atoms with Crippen molar-refractivity contribution in [3.8, 4) is 0 Å². The van der Waals surface area contributed by atoms with Crippen LogP contribution in [-0.4, -0.2) is 17.4 Å². The van der Waals surface area contributed by atoms with Crippen LogP contribution in [0.3, 0.4) is 0 Å². The van der Waals surface area contributed by atoms with Gasteiger partial charge in [0, 0.05) is 18.0 Å². The van der Waals surface area contributed by atoms with Gasteiger partial charge in [-0.15, -0.1) is 17.9 Å². The minimum absolute atomic E-state index is 0.129. The van der Waals surface area contributed by atoms with Crippen molar-refractivity contribution in [3.63, 3.8) is 0 Å². The van der Waals surface area contributed by atoms with E-state index in [4.69, 9.17) is 0 Å². The van der Waals surface area contributed by atoms with E-state index >= 15 is 0 Å². The number of nitrogens with zero attached hydrogens (tertiary/aromatic N) is 1. The summed E-state index contributed by atoms with van der Waals surface area (Å²) in [5, 5.41) is 5.55. The number of aryl methyl sites for hydroxylation is 1. The highest BCUT2D eigenvalue weighted by atomic mass is 32.1. The quantitative estimate of drug-likeness (QED) is 0.605. The van der Waals surface area contributed by atoms with E-state index in [1.165, 1.54) is 6.08 Å². The van der Waals surface area contributed by atoms with Gasteiger partial charge in [0.25, 0.3) is 0 Å². The molecule has 0 unspecified atom stereocenters. The van der Waals surface area contributed by atoms with E-state index in [1.807, 2.05) is 12.3 Å². The first kappa shape index (κ1) is 10.7. The molecule has 0 saturated carbocycles. The maximum Gasteiger partial charge on any atom is 0.244 e. The van der Waals surface area contributed by atoms with E-state index in [9.17, 15) is 4.79 Å². The topological polar surface area (TPSA) is 42.0 Å². The molecule has 0 aliphatic rings. The molecule has 0 aliphatic heterocycles. The van der Waals surface area contributed by atoms with Crippen molar-refractivity contribution in [2.45, 2.75) is 6.92 Å². The molecule has 0 bridgehead atoms. The molecular formula is C10H12N2OS. The summed E-state index contributed by atoms with van der Waals surface area (Å²) >= 11 is 1.56. The van der Waals surface area contributed by atoms with Gasteiger partial charge in [-0.3, -0.25) is 4.79 Å². The Balaban J connectivity index is 2.47. The van der Waals surface area contributed by atoms with Crippen LogP contribution in [-0.2, 0) is 4.79 Å². The van der Waals surface area contributed by atoms with Crippen molar-refractivity contribution in [2.75, 3.05) is 6.54 Å². The van der Waals surface area contributed by atoms with Crippen LogP contribution in [0.25, 0.3) is 6.08 Å². The molecule has 1 amide bonds. The number of amides is 1. The summed E-state index contributed by atoms with van der Waals surface area (Å²) in [6, 6.07) is 0. The molecule has 0 aliphatic carbocycles. The monoisotopic (exact) mass is 208 g/mol. The number of carbonyl (C=O) groups is 1. The third kappa shape index (κ3) is 3.53. The fourth-order valence-corrected chi connectivity index (χ4v) is 1.43. The fourth-order valence-electron chi connectivity index (χ4n) is 0.849. The van der Waals surface area contributed by atoms with E-state index in [0.717, 1.165) is 10.7 Å². The number of hydrogen-bond donors (Lipinski definition) is 1. The van der Waals surface area contributed by atoms with E-state index < -0.39 is 0 Å². The standard InChI is InChI=1S/C10H12N2OS/c1-3-6-11-10(13)5-4-9-7-14-8(2)12-9/h3-5,7H,1,6H2,2H3,(H,11,13)/b5-4+. The molecule has 1 rings (SSSR count). The van der Waals surface area contributed by atoms with Gasteiger partial charge in [0.1, 0.15) is 0 Å². The van der Waals surface area contributed by atoms with Gasteiger partial charge in [0.15, 0.2) is 0 Å². The lowest BCUT2D eigenvalue weighted by Crippen LogP contribution is -2.20. The van der Waals surface area contributed by atoms with Gasteiger partial charge in [-0.05, 0) is 13.0 Å². The summed E-state index contributed by atoms with van der Waals surface area (Å²) in [5.74, 6) is -0.129. The van der Waals surface area contributed by atoms with Crippen LogP contribution in [0.4, 0.5) is 0 Å². The minimum atomic E-state index is -0.129. The first-order valence-corrected chi connectivity index (χ1v) is 5.09. The minimum Gasteiger partial charge on any atom is -0.349 e. The number of hydrogen-bond acceptors (Lipinski definition) is 3. The highest BCUT2D eigenvalue weighted by molar-refractivity contribution is 7.09. The molecule has 4 heteroatoms. The lowest BCUT2D eigenvalue weighted by molar-refractivity contribution is -0.116. The molecule has 14 heavy (non-hydrogen) atoms. The third-order valence-electron chi connectivity index (χ3n) is 1.46. The van der Waals surface area contributed by atoms with Gasteiger partial charge in [-0.25, -0.2) is 4.98 Å². The van der Waals surface area contributed by atoms with E-state index in [-0.39, 0.29) is 5.91 Å². The molecule has 74 valence electrons. The summed E-state index contributed by atoms with van der Waals surface area (Å²) < 4.78 is 0. The molecule has 0 radical (unpaired) electrons. The van der Waals surface area contributed by atoms with Crippen LogP contribution in [0.5, 0.6) is 0 Å². The second kappa shape index (κ2) is 5.34. The average Bonchev–Trinajstić information content (AvgIpc) is 2.58. The third-order valence-corrected chi connectivity index (χ3v) is 2.25. The Bertz CT molecular complexity index is 355. The number of thiazole rings is 1. The SMILES string of the molecule is C=CCNC(=O)/C=C/c1csc(C)n1. The molecule has 3 nitrogen and oxygen atoms in total. The average molecular weight is 208 g/mol. The van der Waals surface area contributed by atoms with Crippen LogP contribution in [0, 0.1) is 6.92 Å². The van der Waals surface area contributed by atoms with Crippen molar-refractivity contribution < 1.29 is 4.79 Å². The van der Waals surface area contributed by atoms with E-state index in [2.05, 4.69) is 16.9 Å². The van der Waals surface area contributed by atoms with Gasteiger partial charge in [0.2, 0.25) is 5.91 Å². The van der Waals surface area contributed by atoms with Crippen LogP contribution in [0.2, 0.25) is 0 Å². The lowest BCUT2D eigenvalue weighted by atomic mass is 10.4. The Hall–Kier alpha value is -1.42. The van der Waals surface area contributed by atoms with E-state index in [1.54, 1.807) is 23.5 Å². The molecule has 1 heterocycles. The second-order valence-electron chi connectivity index (χ2n) is 2.66. The normalized spacial score (nSPS) is 10.4. The van der Waals surface area contributed by atoms with Crippen molar-refractivity contribution in [3.05, 3.63) is 34.8 Å². The zero-order valence-corrected chi connectivity index (χ0v) is 8.80. The van der Waals surface area contributed by atoms with Crippen molar-refractivity contribution >= 4 is 23.3 Å². The van der Waals surface area contributed by atoms with E-state index in [0.29, 0.717) is 6.54 Å². The molecule has 1 aromatic heterocycles. The van der Waals surface area contributed by atoms with Gasteiger partial charge in [-0.1, -0.05) is 6.08 Å². The number of carbonyl (C=O) groups excluding carboxylic acids is 1. The van der Waals surface area contributed by atoms with Gasteiger partial charge >= 0.3 is 0 Å². The van der Waals surface area contributed by atoms with Gasteiger partial charge in [-0.2, -0.15) is 0 Å². The zero-order chi connectivity index (χ0) is 10.4. The van der Waals surface area contributed by atoms with Crippen molar-refractivity contribution in [1.29, 1.82) is 0 Å². The molecular weight excluding hydrogens is 196 g/mol. The second-order valence-corrected chi connectivity index (χ2v) is 3.72. The van der Waals surface area contributed by atoms with Crippen LogP contribution < -0.4 is 5.32 Å². The summed E-state index contributed by atoms with van der Waals surface area (Å²) in [6.07, 6.45) is 4.80. The molecule has 1 N–H and O–H groups in total. The first-order chi connectivity index (χ1) is 6.72. The maximum atomic E-state index is 11.1. The molecule has 0 fully saturated rings. The number of rotatable bonds is 4. The Morgan fingerprint density at radius 2 is 2.57 bits per heavy atom. The summed E-state index contributed by atoms with van der Waals surface area (Å²) in [7, 11) is 0. The first-order valence-electron chi connectivity index (χ1n) is 4.21. The smallest absolute Gasteiger partial charge is 0.244 e. The number of aromatic nitrogens is 1. The Kier molecular flexibility index (Phi) is 4.07. The van der Waals surface area contributed by atoms with Crippen molar-refractivity contribution in [1.82, 2.24) is 10.3 Å². The molecule has 0 aromatic carbocycles. The van der Waals surface area contributed by atoms with Gasteiger partial charge in [0.05, 0.1) is 10.7 Å². The highest BCUT2D eigenvalue weighted by Crippen LogP contribution is 2.08. The molecule has 0 spiro atoms. The predicted octanol–water partition coefficient (Wildman–Crippen LogP) is 1.77. The zero-order valence-electron chi connectivity index (χ0n) is 7.99. The summed E-state index contributed by atoms with van der Waals surface area (Å²) in [5.41, 5.74) is 0.821. The van der Waals surface area contributed by atoms with Crippen LogP contribution in [0.1, 0.15) is 10.7 Å². The molecule has 0 saturated heterocycles. The Morgan fingerprint density at radius 1 is 1.79 bits per heavy atom. The molecule has 1 aromatic rings. The number of nitrogens with one attached hydrogen (secondary N) is 1. The largest absolute Gasteiger partial charge is 0.349 e. The van der Waals surface area contributed by atoms with Crippen LogP contribution in [0.15, 0.2) is 24.1 Å². The fraction of sp³-hybridized carbons (Fsp3) is 0.200. The lowest BCUT2D eigenvalue weighted by Gasteiger charge is -1.93. The van der Waals surface area contributed by atoms with Crippen molar-refractivity contribution in [2.24, 2.45) is 0 Å². The Morgan fingerprint density at radius 3 is 3.14 bits per heavy atom. The predicted molar refractivity (Wildman–Crippen MR) is 59.1 cm³/mol. The molecule has 0 atom stereocenters. The summed E-state index contributed by atoms with van der Waals surface area (Å²) in [6.45, 7) is 5.92. The Labute approximate surface area is 87.2 Å². The highest BCUT2D eigenvalue weighted by Gasteiger charge is 1.95. The van der Waals surface area contributed by atoms with Gasteiger partial charge < -0.3 is 5.32 Å². The summed E-state index contributed by atoms with van der Waals surface area (Å²) in [4.78, 5) is 15.3. The van der Waals surface area contributed by atoms with Crippen LogP contribution >= 0.6 is 11.3 Å². The maximum absolute atomic E-state index is 11.1.